The highest BCUT2D eigenvalue weighted by atomic mass is 19.1. The summed E-state index contributed by atoms with van der Waals surface area (Å²) in [4.78, 5) is 14.1. The minimum Gasteiger partial charge on any atom is -0.337 e. The normalized spacial score (nSPS) is 18.6. The molecule has 2 rings (SSSR count). The Labute approximate surface area is 113 Å². The van der Waals surface area contributed by atoms with Crippen LogP contribution in [0.15, 0.2) is 18.2 Å². The lowest BCUT2D eigenvalue weighted by atomic mass is 10.1. The largest absolute Gasteiger partial charge is 0.337 e. The predicted octanol–water partition coefficient (Wildman–Crippen LogP) is 2.35. The summed E-state index contributed by atoms with van der Waals surface area (Å²) in [6.07, 6.45) is 2.23. The lowest BCUT2D eigenvalue weighted by Gasteiger charge is -2.24. The highest BCUT2D eigenvalue weighted by molar-refractivity contribution is 5.94. The number of hydrogen-bond acceptors (Lipinski definition) is 2. The van der Waals surface area contributed by atoms with Gasteiger partial charge in [0.2, 0.25) is 0 Å². The van der Waals surface area contributed by atoms with Crippen molar-refractivity contribution in [2.45, 2.75) is 32.7 Å². The van der Waals surface area contributed by atoms with Crippen molar-refractivity contribution in [3.8, 4) is 0 Å². The van der Waals surface area contributed by atoms with Gasteiger partial charge >= 0.3 is 0 Å². The average molecular weight is 264 g/mol. The Balaban J connectivity index is 2.12. The molecule has 1 aromatic carbocycles. The van der Waals surface area contributed by atoms with Crippen molar-refractivity contribution in [1.29, 1.82) is 0 Å². The number of aryl methyl sites for hydroxylation is 1. The highest BCUT2D eigenvalue weighted by Crippen LogP contribution is 2.14. The number of halogens is 1. The Hall–Kier alpha value is -1.42. The summed E-state index contributed by atoms with van der Waals surface area (Å²) in [7, 11) is 0. The molecule has 0 aromatic heterocycles. The van der Waals surface area contributed by atoms with E-state index in [1.807, 2.05) is 13.8 Å². The summed E-state index contributed by atoms with van der Waals surface area (Å²) < 4.78 is 13.8. The van der Waals surface area contributed by atoms with Crippen LogP contribution in [-0.2, 0) is 0 Å². The number of rotatable bonds is 4. The van der Waals surface area contributed by atoms with E-state index < -0.39 is 5.82 Å². The van der Waals surface area contributed by atoms with Crippen molar-refractivity contribution in [2.24, 2.45) is 0 Å². The van der Waals surface area contributed by atoms with Crippen LogP contribution in [0.25, 0.3) is 0 Å². The SMILES string of the molecule is CCN(CC1CCCN1)C(=O)c1cc(C)ccc1F. The average Bonchev–Trinajstić information content (AvgIpc) is 2.91. The van der Waals surface area contributed by atoms with Crippen LogP contribution in [0.1, 0.15) is 35.7 Å². The maximum atomic E-state index is 13.8. The molecule has 0 saturated carbocycles. The molecular weight excluding hydrogens is 243 g/mol. The Morgan fingerprint density at radius 2 is 2.32 bits per heavy atom. The van der Waals surface area contributed by atoms with Gasteiger partial charge in [0.1, 0.15) is 5.82 Å². The molecule has 4 heteroatoms. The fraction of sp³-hybridized carbons (Fsp3) is 0.533. The van der Waals surface area contributed by atoms with E-state index in [9.17, 15) is 9.18 Å². The molecular formula is C15H21FN2O. The van der Waals surface area contributed by atoms with Crippen molar-refractivity contribution in [3.63, 3.8) is 0 Å². The maximum absolute atomic E-state index is 13.8. The fourth-order valence-electron chi connectivity index (χ4n) is 2.51. The van der Waals surface area contributed by atoms with E-state index in [0.717, 1.165) is 24.9 Å². The Morgan fingerprint density at radius 1 is 1.53 bits per heavy atom. The summed E-state index contributed by atoms with van der Waals surface area (Å²) in [6.45, 7) is 6.06. The summed E-state index contributed by atoms with van der Waals surface area (Å²) >= 11 is 0. The first-order valence-electron chi connectivity index (χ1n) is 6.90. The van der Waals surface area contributed by atoms with Gasteiger partial charge in [-0.15, -0.1) is 0 Å². The van der Waals surface area contributed by atoms with Crippen LogP contribution in [0.5, 0.6) is 0 Å². The van der Waals surface area contributed by atoms with Gasteiger partial charge in [0.15, 0.2) is 0 Å². The molecule has 0 spiro atoms. The van der Waals surface area contributed by atoms with E-state index >= 15 is 0 Å². The second kappa shape index (κ2) is 6.15. The van der Waals surface area contributed by atoms with E-state index in [2.05, 4.69) is 5.32 Å². The molecule has 0 radical (unpaired) electrons. The molecule has 1 aliphatic rings. The van der Waals surface area contributed by atoms with Crippen LogP contribution in [0.4, 0.5) is 4.39 Å². The van der Waals surface area contributed by atoms with Crippen molar-refractivity contribution in [1.82, 2.24) is 10.2 Å². The molecule has 1 aromatic rings. The number of hydrogen-bond donors (Lipinski definition) is 1. The summed E-state index contributed by atoms with van der Waals surface area (Å²) in [5, 5.41) is 3.37. The van der Waals surface area contributed by atoms with Crippen molar-refractivity contribution in [3.05, 3.63) is 35.1 Å². The third-order valence-electron chi connectivity index (χ3n) is 3.62. The summed E-state index contributed by atoms with van der Waals surface area (Å²) in [5.74, 6) is -0.647. The predicted molar refractivity (Wildman–Crippen MR) is 73.7 cm³/mol. The van der Waals surface area contributed by atoms with Gasteiger partial charge in [-0.2, -0.15) is 0 Å². The van der Waals surface area contributed by atoms with E-state index in [4.69, 9.17) is 0 Å². The lowest BCUT2D eigenvalue weighted by Crippen LogP contribution is -2.41. The van der Waals surface area contributed by atoms with Crippen LogP contribution in [-0.4, -0.2) is 36.5 Å². The first kappa shape index (κ1) is 14.0. The molecule has 1 unspecified atom stereocenters. The van der Waals surface area contributed by atoms with Crippen LogP contribution < -0.4 is 5.32 Å². The zero-order valence-corrected chi connectivity index (χ0v) is 11.6. The van der Waals surface area contributed by atoms with Crippen molar-refractivity contribution in [2.75, 3.05) is 19.6 Å². The number of carbonyl (C=O) groups excluding carboxylic acids is 1. The summed E-state index contributed by atoms with van der Waals surface area (Å²) in [5.41, 5.74) is 1.08. The molecule has 3 nitrogen and oxygen atoms in total. The second-order valence-corrected chi connectivity index (χ2v) is 5.12. The number of nitrogens with zero attached hydrogens (tertiary/aromatic N) is 1. The van der Waals surface area contributed by atoms with Crippen LogP contribution in [0, 0.1) is 12.7 Å². The van der Waals surface area contributed by atoms with Crippen LogP contribution in [0.2, 0.25) is 0 Å². The Bertz CT molecular complexity index is 455. The van der Waals surface area contributed by atoms with Crippen LogP contribution >= 0.6 is 0 Å². The van der Waals surface area contributed by atoms with E-state index in [0.29, 0.717) is 19.1 Å². The number of likely N-dealkylation sites (N-methyl/N-ethyl adjacent to an activating group) is 1. The lowest BCUT2D eigenvalue weighted by molar-refractivity contribution is 0.0746. The molecule has 0 bridgehead atoms. The first-order valence-corrected chi connectivity index (χ1v) is 6.90. The molecule has 0 aliphatic carbocycles. The standard InChI is InChI=1S/C15H21FN2O/c1-3-18(10-12-5-4-8-17-12)15(19)13-9-11(2)6-7-14(13)16/h6-7,9,12,17H,3-5,8,10H2,1-2H3. The minimum atomic E-state index is -0.437. The van der Waals surface area contributed by atoms with E-state index in [-0.39, 0.29) is 11.5 Å². The van der Waals surface area contributed by atoms with Crippen molar-refractivity contribution >= 4 is 5.91 Å². The second-order valence-electron chi connectivity index (χ2n) is 5.12. The third-order valence-corrected chi connectivity index (χ3v) is 3.62. The van der Waals surface area contributed by atoms with Crippen LogP contribution in [0.3, 0.4) is 0 Å². The zero-order chi connectivity index (χ0) is 13.8. The van der Waals surface area contributed by atoms with Gasteiger partial charge in [0.05, 0.1) is 5.56 Å². The number of amides is 1. The molecule has 1 aliphatic heterocycles. The fourth-order valence-corrected chi connectivity index (χ4v) is 2.51. The molecule has 19 heavy (non-hydrogen) atoms. The molecule has 104 valence electrons. The smallest absolute Gasteiger partial charge is 0.256 e. The van der Waals surface area contributed by atoms with Gasteiger partial charge < -0.3 is 10.2 Å². The van der Waals surface area contributed by atoms with E-state index in [1.54, 1.807) is 17.0 Å². The molecule has 1 fully saturated rings. The van der Waals surface area contributed by atoms with Crippen molar-refractivity contribution < 1.29 is 9.18 Å². The zero-order valence-electron chi connectivity index (χ0n) is 11.6. The van der Waals surface area contributed by atoms with Gasteiger partial charge in [-0.05, 0) is 45.4 Å². The van der Waals surface area contributed by atoms with Gasteiger partial charge in [0.25, 0.3) is 5.91 Å². The maximum Gasteiger partial charge on any atom is 0.256 e. The topological polar surface area (TPSA) is 32.3 Å². The van der Waals surface area contributed by atoms with Gasteiger partial charge in [-0.3, -0.25) is 4.79 Å². The van der Waals surface area contributed by atoms with Gasteiger partial charge in [-0.1, -0.05) is 11.6 Å². The number of nitrogens with one attached hydrogen (secondary N) is 1. The third kappa shape index (κ3) is 3.32. The molecule has 1 saturated heterocycles. The number of benzene rings is 1. The Kier molecular flexibility index (Phi) is 4.53. The molecule has 1 amide bonds. The Morgan fingerprint density at radius 3 is 2.95 bits per heavy atom. The highest BCUT2D eigenvalue weighted by Gasteiger charge is 2.23. The first-order chi connectivity index (χ1) is 9.11. The van der Waals surface area contributed by atoms with E-state index in [1.165, 1.54) is 6.07 Å². The molecule has 1 heterocycles. The summed E-state index contributed by atoms with van der Waals surface area (Å²) in [6, 6.07) is 5.02. The van der Waals surface area contributed by atoms with Gasteiger partial charge in [-0.25, -0.2) is 4.39 Å². The molecule has 1 atom stereocenters. The van der Waals surface area contributed by atoms with Gasteiger partial charge in [0, 0.05) is 19.1 Å². The monoisotopic (exact) mass is 264 g/mol. The number of carbonyl (C=O) groups is 1. The quantitative estimate of drug-likeness (QED) is 0.905. The minimum absolute atomic E-state index is 0.180. The molecule has 1 N–H and O–H groups in total.